The van der Waals surface area contributed by atoms with Crippen LogP contribution in [-0.2, 0) is 22.3 Å². The lowest BCUT2D eigenvalue weighted by Gasteiger charge is -2.14. The van der Waals surface area contributed by atoms with Crippen molar-refractivity contribution in [3.05, 3.63) is 29.3 Å². The van der Waals surface area contributed by atoms with E-state index in [4.69, 9.17) is 10.5 Å². The first-order valence-corrected chi connectivity index (χ1v) is 4.98. The Bertz CT molecular complexity index is 432. The van der Waals surface area contributed by atoms with Crippen molar-refractivity contribution in [2.24, 2.45) is 5.73 Å². The lowest BCUT2D eigenvalue weighted by Crippen LogP contribution is -2.16. The van der Waals surface area contributed by atoms with Crippen molar-refractivity contribution in [1.29, 1.82) is 0 Å². The lowest BCUT2D eigenvalue weighted by molar-refractivity contribution is -0.145. The van der Waals surface area contributed by atoms with E-state index in [-0.39, 0.29) is 6.54 Å². The topological polar surface area (TPSA) is 61.5 Å². The third kappa shape index (κ3) is 3.63. The molecule has 0 aromatic heterocycles. The van der Waals surface area contributed by atoms with E-state index in [1.54, 1.807) is 0 Å². The minimum Gasteiger partial charge on any atom is -0.481 e. The zero-order valence-electron chi connectivity index (χ0n) is 9.58. The number of carbonyl (C=O) groups is 1. The summed E-state index contributed by atoms with van der Waals surface area (Å²) in [5, 5.41) is 0. The number of benzene rings is 1. The molecule has 4 nitrogen and oxygen atoms in total. The standard InChI is InChI=1S/C11H12F3NO3/c1-17-10(16)6-18-9-3-2-7(5-15)4-8(9)11(12,13)14/h2-4H,5-6,15H2,1H3. The molecule has 0 saturated carbocycles. The molecule has 0 unspecified atom stereocenters. The number of halogens is 3. The van der Waals surface area contributed by atoms with Crippen LogP contribution in [0.1, 0.15) is 11.1 Å². The van der Waals surface area contributed by atoms with Gasteiger partial charge >= 0.3 is 12.1 Å². The number of hydrogen-bond acceptors (Lipinski definition) is 4. The molecule has 0 aliphatic rings. The van der Waals surface area contributed by atoms with Crippen LogP contribution in [0.4, 0.5) is 13.2 Å². The Hall–Kier alpha value is -1.76. The molecule has 0 aliphatic heterocycles. The first-order valence-electron chi connectivity index (χ1n) is 4.98. The Morgan fingerprint density at radius 3 is 2.56 bits per heavy atom. The van der Waals surface area contributed by atoms with Gasteiger partial charge in [-0.1, -0.05) is 6.07 Å². The fourth-order valence-electron chi connectivity index (χ4n) is 1.25. The van der Waals surface area contributed by atoms with Gasteiger partial charge in [-0.3, -0.25) is 0 Å². The molecule has 100 valence electrons. The van der Waals surface area contributed by atoms with Gasteiger partial charge in [0.1, 0.15) is 5.75 Å². The third-order valence-corrected chi connectivity index (χ3v) is 2.16. The van der Waals surface area contributed by atoms with Gasteiger partial charge in [-0.15, -0.1) is 0 Å². The van der Waals surface area contributed by atoms with Crippen molar-refractivity contribution in [1.82, 2.24) is 0 Å². The molecule has 0 bridgehead atoms. The third-order valence-electron chi connectivity index (χ3n) is 2.16. The van der Waals surface area contributed by atoms with Crippen LogP contribution in [0.15, 0.2) is 18.2 Å². The first kappa shape index (κ1) is 14.3. The molecule has 0 heterocycles. The Labute approximate surface area is 101 Å². The number of ether oxygens (including phenoxy) is 2. The van der Waals surface area contributed by atoms with Crippen molar-refractivity contribution in [3.63, 3.8) is 0 Å². The maximum atomic E-state index is 12.7. The van der Waals surface area contributed by atoms with Crippen molar-refractivity contribution < 1.29 is 27.4 Å². The van der Waals surface area contributed by atoms with E-state index in [1.807, 2.05) is 0 Å². The molecule has 0 radical (unpaired) electrons. The van der Waals surface area contributed by atoms with Crippen molar-refractivity contribution in [3.8, 4) is 5.75 Å². The molecule has 0 amide bonds. The van der Waals surface area contributed by atoms with Crippen LogP contribution >= 0.6 is 0 Å². The monoisotopic (exact) mass is 263 g/mol. The molecular formula is C11H12F3NO3. The average molecular weight is 263 g/mol. The fourth-order valence-corrected chi connectivity index (χ4v) is 1.25. The van der Waals surface area contributed by atoms with Crippen molar-refractivity contribution >= 4 is 5.97 Å². The summed E-state index contributed by atoms with van der Waals surface area (Å²) in [4.78, 5) is 10.8. The quantitative estimate of drug-likeness (QED) is 0.840. The number of carbonyl (C=O) groups excluding carboxylic acids is 1. The highest BCUT2D eigenvalue weighted by molar-refractivity contribution is 5.70. The molecule has 0 saturated heterocycles. The SMILES string of the molecule is COC(=O)COc1ccc(CN)cc1C(F)(F)F. The van der Waals surface area contributed by atoms with Crippen LogP contribution in [0.3, 0.4) is 0 Å². The zero-order valence-corrected chi connectivity index (χ0v) is 9.58. The van der Waals surface area contributed by atoms with Gasteiger partial charge in [0.05, 0.1) is 12.7 Å². The van der Waals surface area contributed by atoms with Crippen LogP contribution in [0.25, 0.3) is 0 Å². The van der Waals surface area contributed by atoms with Gasteiger partial charge < -0.3 is 15.2 Å². The predicted octanol–water partition coefficient (Wildman–Crippen LogP) is 1.72. The van der Waals surface area contributed by atoms with Gasteiger partial charge in [0.25, 0.3) is 0 Å². The summed E-state index contributed by atoms with van der Waals surface area (Å²) in [6.07, 6.45) is -4.57. The van der Waals surface area contributed by atoms with Crippen LogP contribution < -0.4 is 10.5 Å². The molecule has 0 atom stereocenters. The second kappa shape index (κ2) is 5.72. The number of nitrogens with two attached hydrogens (primary N) is 1. The summed E-state index contributed by atoms with van der Waals surface area (Å²) in [5.74, 6) is -1.18. The maximum absolute atomic E-state index is 12.7. The van der Waals surface area contributed by atoms with Gasteiger partial charge in [0.2, 0.25) is 0 Å². The highest BCUT2D eigenvalue weighted by atomic mass is 19.4. The van der Waals surface area contributed by atoms with E-state index in [9.17, 15) is 18.0 Å². The van der Waals surface area contributed by atoms with E-state index in [1.165, 1.54) is 6.07 Å². The Morgan fingerprint density at radius 1 is 1.39 bits per heavy atom. The summed E-state index contributed by atoms with van der Waals surface area (Å²) < 4.78 is 47.3. The van der Waals surface area contributed by atoms with Crippen molar-refractivity contribution in [2.75, 3.05) is 13.7 Å². The molecule has 2 N–H and O–H groups in total. The van der Waals surface area contributed by atoms with Crippen LogP contribution in [0.2, 0.25) is 0 Å². The van der Waals surface area contributed by atoms with Gasteiger partial charge in [-0.25, -0.2) is 4.79 Å². The highest BCUT2D eigenvalue weighted by Crippen LogP contribution is 2.36. The van der Waals surface area contributed by atoms with Gasteiger partial charge in [0.15, 0.2) is 6.61 Å². The summed E-state index contributed by atoms with van der Waals surface area (Å²) in [7, 11) is 1.12. The Kier molecular flexibility index (Phi) is 4.55. The molecule has 0 aliphatic carbocycles. The largest absolute Gasteiger partial charge is 0.481 e. The molecule has 1 aromatic carbocycles. The van der Waals surface area contributed by atoms with Gasteiger partial charge in [0, 0.05) is 6.54 Å². The Balaban J connectivity index is 2.99. The van der Waals surface area contributed by atoms with Crippen LogP contribution in [0, 0.1) is 0 Å². The number of alkyl halides is 3. The van der Waals surface area contributed by atoms with E-state index in [0.717, 1.165) is 19.2 Å². The Morgan fingerprint density at radius 2 is 2.06 bits per heavy atom. The molecule has 0 spiro atoms. The molecular weight excluding hydrogens is 251 g/mol. The number of hydrogen-bond donors (Lipinski definition) is 1. The predicted molar refractivity (Wildman–Crippen MR) is 56.8 cm³/mol. The molecule has 1 aromatic rings. The first-order chi connectivity index (χ1) is 8.38. The minimum absolute atomic E-state index is 0.0135. The maximum Gasteiger partial charge on any atom is 0.419 e. The minimum atomic E-state index is -4.57. The van der Waals surface area contributed by atoms with Crippen molar-refractivity contribution in [2.45, 2.75) is 12.7 Å². The lowest BCUT2D eigenvalue weighted by atomic mass is 10.1. The summed E-state index contributed by atoms with van der Waals surface area (Å²) in [5.41, 5.74) is 4.64. The summed E-state index contributed by atoms with van der Waals surface area (Å²) in [6, 6.07) is 3.43. The average Bonchev–Trinajstić information content (AvgIpc) is 2.34. The van der Waals surface area contributed by atoms with E-state index in [2.05, 4.69) is 4.74 Å². The summed E-state index contributed by atoms with van der Waals surface area (Å²) in [6.45, 7) is -0.595. The second-order valence-electron chi connectivity index (χ2n) is 3.40. The van der Waals surface area contributed by atoms with Crippen LogP contribution in [0.5, 0.6) is 5.75 Å². The zero-order chi connectivity index (χ0) is 13.8. The fraction of sp³-hybridized carbons (Fsp3) is 0.364. The number of rotatable bonds is 4. The molecule has 1 rings (SSSR count). The number of methoxy groups -OCH3 is 1. The smallest absolute Gasteiger partial charge is 0.419 e. The van der Waals surface area contributed by atoms with Gasteiger partial charge in [-0.05, 0) is 17.7 Å². The summed E-state index contributed by atoms with van der Waals surface area (Å²) >= 11 is 0. The normalized spacial score (nSPS) is 11.2. The number of esters is 1. The second-order valence-corrected chi connectivity index (χ2v) is 3.40. The molecule has 7 heteroatoms. The van der Waals surface area contributed by atoms with Gasteiger partial charge in [-0.2, -0.15) is 13.2 Å². The molecule has 0 fully saturated rings. The highest BCUT2D eigenvalue weighted by Gasteiger charge is 2.34. The molecule has 18 heavy (non-hydrogen) atoms. The van der Waals surface area contributed by atoms with E-state index >= 15 is 0 Å². The van der Waals surface area contributed by atoms with E-state index < -0.39 is 30.1 Å². The van der Waals surface area contributed by atoms with E-state index in [0.29, 0.717) is 5.56 Å². The van der Waals surface area contributed by atoms with Crippen LogP contribution in [-0.4, -0.2) is 19.7 Å².